The monoisotopic (exact) mass is 270 g/mol. The molecule has 0 bridgehead atoms. The first-order valence-corrected chi connectivity index (χ1v) is 6.30. The number of phenols is 2. The van der Waals surface area contributed by atoms with E-state index < -0.39 is 5.63 Å². The van der Waals surface area contributed by atoms with E-state index in [9.17, 15) is 15.0 Å². The second-order valence-electron chi connectivity index (χ2n) is 5.06. The molecule has 20 heavy (non-hydrogen) atoms. The summed E-state index contributed by atoms with van der Waals surface area (Å²) < 4.78 is 5.38. The van der Waals surface area contributed by atoms with Gasteiger partial charge in [-0.25, -0.2) is 4.79 Å². The summed E-state index contributed by atoms with van der Waals surface area (Å²) in [6.45, 7) is 5.24. The Bertz CT molecular complexity index is 920. The normalized spacial score (nSPS) is 11.3. The first-order chi connectivity index (χ1) is 9.41. The van der Waals surface area contributed by atoms with Crippen molar-refractivity contribution in [2.24, 2.45) is 0 Å². The zero-order chi connectivity index (χ0) is 14.6. The van der Waals surface area contributed by atoms with E-state index in [0.29, 0.717) is 22.1 Å². The Morgan fingerprint density at radius 2 is 1.65 bits per heavy atom. The molecule has 0 saturated heterocycles. The van der Waals surface area contributed by atoms with Gasteiger partial charge in [0, 0.05) is 21.9 Å². The van der Waals surface area contributed by atoms with Crippen molar-refractivity contribution in [3.05, 3.63) is 45.3 Å². The van der Waals surface area contributed by atoms with Gasteiger partial charge in [-0.15, -0.1) is 0 Å². The molecule has 0 saturated carbocycles. The van der Waals surface area contributed by atoms with E-state index in [1.807, 2.05) is 6.92 Å². The first kappa shape index (κ1) is 12.5. The molecule has 0 aliphatic carbocycles. The van der Waals surface area contributed by atoms with Crippen molar-refractivity contribution in [3.8, 4) is 11.5 Å². The van der Waals surface area contributed by atoms with Crippen LogP contribution in [0.15, 0.2) is 27.4 Å². The van der Waals surface area contributed by atoms with Crippen molar-refractivity contribution in [2.45, 2.75) is 20.8 Å². The van der Waals surface area contributed by atoms with Crippen molar-refractivity contribution in [3.63, 3.8) is 0 Å². The van der Waals surface area contributed by atoms with Gasteiger partial charge in [-0.3, -0.25) is 0 Å². The molecule has 3 rings (SSSR count). The molecule has 1 aromatic heterocycles. The molecule has 0 unspecified atom stereocenters. The summed E-state index contributed by atoms with van der Waals surface area (Å²) in [6, 6.07) is 4.93. The van der Waals surface area contributed by atoms with Crippen molar-refractivity contribution >= 4 is 21.7 Å². The van der Waals surface area contributed by atoms with E-state index in [4.69, 9.17) is 4.42 Å². The minimum Gasteiger partial charge on any atom is -0.508 e. The molecule has 0 amide bonds. The summed E-state index contributed by atoms with van der Waals surface area (Å²) in [7, 11) is 0. The summed E-state index contributed by atoms with van der Waals surface area (Å²) >= 11 is 0. The Labute approximate surface area is 114 Å². The molecule has 102 valence electrons. The maximum atomic E-state index is 12.2. The number of fused-ring (bicyclic) bond motifs is 3. The molecule has 0 atom stereocenters. The summed E-state index contributed by atoms with van der Waals surface area (Å²) in [5, 5.41) is 21.5. The molecule has 0 aliphatic heterocycles. The lowest BCUT2D eigenvalue weighted by Crippen LogP contribution is -2.03. The molecule has 3 aromatic rings. The highest BCUT2D eigenvalue weighted by Gasteiger charge is 2.16. The van der Waals surface area contributed by atoms with Crippen LogP contribution in [-0.4, -0.2) is 10.2 Å². The molecule has 2 aromatic carbocycles. The molecule has 4 heteroatoms. The summed E-state index contributed by atoms with van der Waals surface area (Å²) in [4.78, 5) is 12.2. The third-order valence-corrected chi connectivity index (χ3v) is 3.80. The number of aromatic hydroxyl groups is 2. The van der Waals surface area contributed by atoms with Crippen LogP contribution in [0.1, 0.15) is 16.7 Å². The number of hydrogen-bond donors (Lipinski definition) is 2. The highest BCUT2D eigenvalue weighted by Crippen LogP contribution is 2.35. The first-order valence-electron chi connectivity index (χ1n) is 6.30. The molecular weight excluding hydrogens is 256 g/mol. The molecule has 0 spiro atoms. The standard InChI is InChI=1S/C16H14O4/c1-7-6-12(18)9(3)15-13(7)10-4-5-11(17)8(2)14(10)16(19)20-15/h4-6,17-18H,1-3H3. The number of hydrogen-bond acceptors (Lipinski definition) is 4. The van der Waals surface area contributed by atoms with Crippen LogP contribution in [0.25, 0.3) is 21.7 Å². The van der Waals surface area contributed by atoms with Gasteiger partial charge in [0.05, 0.1) is 5.39 Å². The van der Waals surface area contributed by atoms with Crippen LogP contribution < -0.4 is 5.63 Å². The fourth-order valence-corrected chi connectivity index (χ4v) is 2.65. The van der Waals surface area contributed by atoms with Crippen LogP contribution in [0.4, 0.5) is 0 Å². The van der Waals surface area contributed by atoms with Crippen molar-refractivity contribution < 1.29 is 14.6 Å². The molecule has 1 heterocycles. The second-order valence-corrected chi connectivity index (χ2v) is 5.06. The van der Waals surface area contributed by atoms with E-state index in [-0.39, 0.29) is 11.5 Å². The Balaban J connectivity index is 2.72. The van der Waals surface area contributed by atoms with Crippen LogP contribution in [-0.2, 0) is 0 Å². The number of aryl methyl sites for hydroxylation is 3. The van der Waals surface area contributed by atoms with E-state index >= 15 is 0 Å². The fourth-order valence-electron chi connectivity index (χ4n) is 2.65. The Hall–Kier alpha value is -2.49. The van der Waals surface area contributed by atoms with Gasteiger partial charge in [-0.1, -0.05) is 0 Å². The van der Waals surface area contributed by atoms with Crippen molar-refractivity contribution in [1.29, 1.82) is 0 Å². The molecule has 0 radical (unpaired) electrons. The summed E-state index contributed by atoms with van der Waals surface area (Å²) in [5.41, 5.74) is 1.75. The predicted molar refractivity (Wildman–Crippen MR) is 77.5 cm³/mol. The lowest BCUT2D eigenvalue weighted by Gasteiger charge is -2.11. The zero-order valence-electron chi connectivity index (χ0n) is 11.4. The smallest absolute Gasteiger partial charge is 0.344 e. The lowest BCUT2D eigenvalue weighted by atomic mass is 9.98. The SMILES string of the molecule is Cc1c(O)cc(C)c2c1oc(=O)c1c(C)c(O)ccc12. The van der Waals surface area contributed by atoms with Gasteiger partial charge < -0.3 is 14.6 Å². The van der Waals surface area contributed by atoms with E-state index in [0.717, 1.165) is 16.3 Å². The minimum atomic E-state index is -0.506. The largest absolute Gasteiger partial charge is 0.508 e. The Morgan fingerprint density at radius 3 is 2.35 bits per heavy atom. The van der Waals surface area contributed by atoms with Crippen LogP contribution in [0, 0.1) is 20.8 Å². The quantitative estimate of drug-likeness (QED) is 0.486. The van der Waals surface area contributed by atoms with Gasteiger partial charge in [0.1, 0.15) is 17.1 Å². The van der Waals surface area contributed by atoms with E-state index in [1.54, 1.807) is 32.0 Å². The van der Waals surface area contributed by atoms with Gasteiger partial charge in [0.15, 0.2) is 0 Å². The van der Waals surface area contributed by atoms with Gasteiger partial charge in [0.25, 0.3) is 0 Å². The summed E-state index contributed by atoms with van der Waals surface area (Å²) in [6.07, 6.45) is 0. The van der Waals surface area contributed by atoms with Crippen molar-refractivity contribution in [1.82, 2.24) is 0 Å². The third kappa shape index (κ3) is 1.51. The number of benzene rings is 2. The fraction of sp³-hybridized carbons (Fsp3) is 0.188. The lowest BCUT2D eigenvalue weighted by molar-refractivity contribution is 0.467. The van der Waals surface area contributed by atoms with Crippen LogP contribution in [0.2, 0.25) is 0 Å². The molecular formula is C16H14O4. The molecule has 2 N–H and O–H groups in total. The Kier molecular flexibility index (Phi) is 2.51. The van der Waals surface area contributed by atoms with Gasteiger partial charge in [-0.2, -0.15) is 0 Å². The topological polar surface area (TPSA) is 70.7 Å². The molecule has 4 nitrogen and oxygen atoms in total. The summed E-state index contributed by atoms with van der Waals surface area (Å²) in [5.74, 6) is 0.172. The average molecular weight is 270 g/mol. The van der Waals surface area contributed by atoms with Gasteiger partial charge >= 0.3 is 5.63 Å². The highest BCUT2D eigenvalue weighted by atomic mass is 16.4. The van der Waals surface area contributed by atoms with Gasteiger partial charge in [-0.05, 0) is 44.5 Å². The molecule has 0 fully saturated rings. The highest BCUT2D eigenvalue weighted by molar-refractivity contribution is 6.08. The predicted octanol–water partition coefficient (Wildman–Crippen LogP) is 3.28. The number of rotatable bonds is 0. The minimum absolute atomic E-state index is 0.0669. The second kappa shape index (κ2) is 4.00. The number of phenolic OH excluding ortho intramolecular Hbond substituents is 2. The van der Waals surface area contributed by atoms with E-state index in [1.165, 1.54) is 0 Å². The average Bonchev–Trinajstić information content (AvgIpc) is 2.39. The third-order valence-electron chi connectivity index (χ3n) is 3.80. The Morgan fingerprint density at radius 1 is 0.950 bits per heavy atom. The van der Waals surface area contributed by atoms with Crippen LogP contribution in [0.3, 0.4) is 0 Å². The van der Waals surface area contributed by atoms with Crippen LogP contribution >= 0.6 is 0 Å². The van der Waals surface area contributed by atoms with Gasteiger partial charge in [0.2, 0.25) is 0 Å². The van der Waals surface area contributed by atoms with E-state index in [2.05, 4.69) is 0 Å². The van der Waals surface area contributed by atoms with Crippen molar-refractivity contribution in [2.75, 3.05) is 0 Å². The zero-order valence-corrected chi connectivity index (χ0v) is 11.4. The maximum Gasteiger partial charge on any atom is 0.344 e. The maximum absolute atomic E-state index is 12.2. The van der Waals surface area contributed by atoms with Crippen LogP contribution in [0.5, 0.6) is 11.5 Å². The molecule has 0 aliphatic rings.